The fourth-order valence-electron chi connectivity index (χ4n) is 3.17. The maximum atomic E-state index is 13.2. The Balaban J connectivity index is 0.00000280. The van der Waals surface area contributed by atoms with Crippen LogP contribution < -0.4 is 16.4 Å². The molecule has 0 bridgehead atoms. The maximum Gasteiger partial charge on any atom is 0.324 e. The van der Waals surface area contributed by atoms with Crippen LogP contribution >= 0.6 is 12.4 Å². The molecule has 1 fully saturated rings. The molecule has 0 unspecified atom stereocenters. The van der Waals surface area contributed by atoms with Gasteiger partial charge in [-0.1, -0.05) is 6.07 Å². The second-order valence-corrected chi connectivity index (χ2v) is 6.60. The number of amides is 3. The lowest BCUT2D eigenvalue weighted by Crippen LogP contribution is -2.46. The smallest absolute Gasteiger partial charge is 0.324 e. The van der Waals surface area contributed by atoms with Gasteiger partial charge >= 0.3 is 6.03 Å². The van der Waals surface area contributed by atoms with Crippen LogP contribution in [0.25, 0.3) is 0 Å². The topological polar surface area (TPSA) is 105 Å². The molecule has 1 atom stereocenters. The van der Waals surface area contributed by atoms with E-state index < -0.39 is 17.9 Å². The maximum absolute atomic E-state index is 13.2. The van der Waals surface area contributed by atoms with E-state index in [1.807, 2.05) is 0 Å². The van der Waals surface area contributed by atoms with Crippen molar-refractivity contribution in [2.75, 3.05) is 23.7 Å². The van der Waals surface area contributed by atoms with E-state index in [1.54, 1.807) is 34.8 Å². The van der Waals surface area contributed by atoms with Gasteiger partial charge in [-0.15, -0.1) is 12.4 Å². The number of urea groups is 1. The summed E-state index contributed by atoms with van der Waals surface area (Å²) in [7, 11) is 0. The first-order valence-corrected chi connectivity index (χ1v) is 8.85. The summed E-state index contributed by atoms with van der Waals surface area (Å²) in [5.41, 5.74) is 6.02. The number of nitrogens with zero attached hydrogens (tertiary/aromatic N) is 3. The first kappa shape index (κ1) is 21.6. The number of rotatable bonds is 4. The average Bonchev–Trinajstić information content (AvgIpc) is 3.09. The van der Waals surface area contributed by atoms with E-state index in [9.17, 15) is 14.0 Å². The van der Waals surface area contributed by atoms with Gasteiger partial charge < -0.3 is 16.0 Å². The van der Waals surface area contributed by atoms with E-state index in [0.717, 1.165) is 12.8 Å². The number of carbonyl (C=O) groups is 2. The summed E-state index contributed by atoms with van der Waals surface area (Å²) >= 11 is 0. The molecule has 8 nitrogen and oxygen atoms in total. The molecule has 3 amide bonds. The number of aromatic nitrogens is 2. The Morgan fingerprint density at radius 1 is 1.25 bits per heavy atom. The van der Waals surface area contributed by atoms with Gasteiger partial charge in [0.05, 0.1) is 18.3 Å². The summed E-state index contributed by atoms with van der Waals surface area (Å²) in [6.07, 6.45) is 3.05. The first-order valence-electron chi connectivity index (χ1n) is 8.85. The zero-order valence-corrected chi connectivity index (χ0v) is 16.3. The van der Waals surface area contributed by atoms with Crippen molar-refractivity contribution in [1.29, 1.82) is 0 Å². The second kappa shape index (κ2) is 9.52. The number of halogens is 2. The zero-order chi connectivity index (χ0) is 19.4. The number of anilines is 2. The lowest BCUT2D eigenvalue weighted by molar-refractivity contribution is -0.133. The molecular formula is C18H24ClFN6O2. The molecule has 1 aromatic carbocycles. The first-order chi connectivity index (χ1) is 12.9. The summed E-state index contributed by atoms with van der Waals surface area (Å²) in [6, 6.07) is 6.45. The van der Waals surface area contributed by atoms with E-state index in [2.05, 4.69) is 15.7 Å². The molecule has 0 saturated carbocycles. The van der Waals surface area contributed by atoms with Crippen LogP contribution in [0.3, 0.4) is 0 Å². The van der Waals surface area contributed by atoms with Crippen molar-refractivity contribution in [2.24, 2.45) is 5.73 Å². The average molecular weight is 411 g/mol. The Bertz CT molecular complexity index is 820. The largest absolute Gasteiger partial charge is 0.341 e. The van der Waals surface area contributed by atoms with Gasteiger partial charge in [0.1, 0.15) is 11.6 Å². The third-order valence-corrected chi connectivity index (χ3v) is 4.51. The highest BCUT2D eigenvalue weighted by atomic mass is 35.5. The standard InChI is InChI=1S/C18H23FN6O2.ClH/c1-12(20)17(26)24-9-6-15(7-10-24)25-16(5-8-21-25)23-18(27)22-14-4-2-3-13(19)11-14;/h2-5,8,11-12,15H,6-7,9-10,20H2,1H3,(H2,22,23,27);1H/t12-;/m0./s1. The van der Waals surface area contributed by atoms with Crippen LogP contribution in [0.2, 0.25) is 0 Å². The van der Waals surface area contributed by atoms with Crippen LogP contribution in [-0.2, 0) is 4.79 Å². The summed E-state index contributed by atoms with van der Waals surface area (Å²) in [5.74, 6) is 0.0635. The van der Waals surface area contributed by atoms with E-state index >= 15 is 0 Å². The molecule has 0 spiro atoms. The fraction of sp³-hybridized carbons (Fsp3) is 0.389. The molecule has 0 aliphatic carbocycles. The van der Waals surface area contributed by atoms with Crippen molar-refractivity contribution in [3.05, 3.63) is 42.3 Å². The molecule has 152 valence electrons. The Labute approximate surface area is 168 Å². The predicted octanol–water partition coefficient (Wildman–Crippen LogP) is 2.60. The van der Waals surface area contributed by atoms with Crippen LogP contribution in [0.1, 0.15) is 25.8 Å². The fourth-order valence-corrected chi connectivity index (χ4v) is 3.17. The number of nitrogens with one attached hydrogen (secondary N) is 2. The van der Waals surface area contributed by atoms with Crippen molar-refractivity contribution >= 4 is 35.9 Å². The molecule has 1 saturated heterocycles. The van der Waals surface area contributed by atoms with Crippen molar-refractivity contribution in [3.8, 4) is 0 Å². The van der Waals surface area contributed by atoms with Crippen molar-refractivity contribution < 1.29 is 14.0 Å². The van der Waals surface area contributed by atoms with Crippen LogP contribution in [0, 0.1) is 5.82 Å². The SMILES string of the molecule is C[C@H](N)C(=O)N1CCC(n2nccc2NC(=O)Nc2cccc(F)c2)CC1.Cl. The monoisotopic (exact) mass is 410 g/mol. The van der Waals surface area contributed by atoms with Crippen molar-refractivity contribution in [3.63, 3.8) is 0 Å². The summed E-state index contributed by atoms with van der Waals surface area (Å²) in [4.78, 5) is 25.9. The van der Waals surface area contributed by atoms with Crippen molar-refractivity contribution in [1.82, 2.24) is 14.7 Å². The van der Waals surface area contributed by atoms with Gasteiger partial charge in [-0.05, 0) is 38.0 Å². The number of likely N-dealkylation sites (tertiary alicyclic amines) is 1. The van der Waals surface area contributed by atoms with Crippen LogP contribution in [0.4, 0.5) is 20.7 Å². The molecule has 2 heterocycles. The molecule has 4 N–H and O–H groups in total. The van der Waals surface area contributed by atoms with Gasteiger partial charge in [0.25, 0.3) is 0 Å². The molecule has 1 aliphatic heterocycles. The highest BCUT2D eigenvalue weighted by Crippen LogP contribution is 2.25. The predicted molar refractivity (Wildman–Crippen MR) is 107 cm³/mol. The minimum absolute atomic E-state index is 0. The molecule has 0 radical (unpaired) electrons. The lowest BCUT2D eigenvalue weighted by atomic mass is 10.0. The number of hydrogen-bond donors (Lipinski definition) is 3. The molecule has 3 rings (SSSR count). The molecule has 1 aromatic heterocycles. The van der Waals surface area contributed by atoms with E-state index in [0.29, 0.717) is 24.6 Å². The summed E-state index contributed by atoms with van der Waals surface area (Å²) in [6.45, 7) is 2.88. The Kier molecular flexibility index (Phi) is 7.36. The number of piperidine rings is 1. The molecule has 1 aliphatic rings. The minimum atomic E-state index is -0.505. The van der Waals surface area contributed by atoms with Gasteiger partial charge in [0.15, 0.2) is 0 Å². The number of benzene rings is 1. The molecule has 28 heavy (non-hydrogen) atoms. The highest BCUT2D eigenvalue weighted by molar-refractivity contribution is 5.99. The third-order valence-electron chi connectivity index (χ3n) is 4.51. The quantitative estimate of drug-likeness (QED) is 0.720. The number of nitrogens with two attached hydrogens (primary N) is 1. The molecular weight excluding hydrogens is 387 g/mol. The van der Waals surface area contributed by atoms with Gasteiger partial charge in [-0.3, -0.25) is 10.1 Å². The number of hydrogen-bond acceptors (Lipinski definition) is 4. The summed E-state index contributed by atoms with van der Waals surface area (Å²) < 4.78 is 15.0. The second-order valence-electron chi connectivity index (χ2n) is 6.60. The normalized spacial score (nSPS) is 15.5. The minimum Gasteiger partial charge on any atom is -0.341 e. The third kappa shape index (κ3) is 5.20. The summed E-state index contributed by atoms with van der Waals surface area (Å²) in [5, 5.41) is 9.63. The van der Waals surface area contributed by atoms with Crippen molar-refractivity contribution in [2.45, 2.75) is 31.8 Å². The van der Waals surface area contributed by atoms with Gasteiger partial charge in [-0.2, -0.15) is 5.10 Å². The van der Waals surface area contributed by atoms with Crippen LogP contribution in [-0.4, -0.2) is 45.8 Å². The van der Waals surface area contributed by atoms with E-state index in [-0.39, 0.29) is 24.4 Å². The van der Waals surface area contributed by atoms with Gasteiger partial charge in [-0.25, -0.2) is 13.9 Å². The van der Waals surface area contributed by atoms with E-state index in [4.69, 9.17) is 5.73 Å². The number of carbonyl (C=O) groups excluding carboxylic acids is 2. The molecule has 2 aromatic rings. The van der Waals surface area contributed by atoms with E-state index in [1.165, 1.54) is 18.2 Å². The molecule has 10 heteroatoms. The Hall–Kier alpha value is -2.65. The van der Waals surface area contributed by atoms with Gasteiger partial charge in [0.2, 0.25) is 5.91 Å². The van der Waals surface area contributed by atoms with Gasteiger partial charge in [0, 0.05) is 24.8 Å². The van der Waals surface area contributed by atoms with Crippen LogP contribution in [0.5, 0.6) is 0 Å². The Morgan fingerprint density at radius 2 is 1.96 bits per heavy atom. The lowest BCUT2D eigenvalue weighted by Gasteiger charge is -2.33. The van der Waals surface area contributed by atoms with Crippen LogP contribution in [0.15, 0.2) is 36.5 Å². The Morgan fingerprint density at radius 3 is 2.61 bits per heavy atom. The highest BCUT2D eigenvalue weighted by Gasteiger charge is 2.27. The zero-order valence-electron chi connectivity index (χ0n) is 15.5.